The number of carbonyl (C=O) groups excluding carboxylic acids is 2. The van der Waals surface area contributed by atoms with Crippen LogP contribution >= 0.6 is 11.3 Å². The maximum Gasteiger partial charge on any atom is 0.264 e. The van der Waals surface area contributed by atoms with E-state index in [1.807, 2.05) is 47.4 Å². The molecule has 2 amide bonds. The molecular formula is C25H23N3O4S. The molecular weight excluding hydrogens is 438 g/mol. The smallest absolute Gasteiger partial charge is 0.264 e. The molecule has 33 heavy (non-hydrogen) atoms. The third kappa shape index (κ3) is 4.15. The Balaban J connectivity index is 1.41. The van der Waals surface area contributed by atoms with E-state index >= 15 is 0 Å². The number of hydrogen-bond donors (Lipinski definition) is 1. The van der Waals surface area contributed by atoms with Gasteiger partial charge in [-0.25, -0.2) is 0 Å². The average molecular weight is 462 g/mol. The first-order valence-electron chi connectivity index (χ1n) is 10.7. The predicted molar refractivity (Wildman–Crippen MR) is 128 cm³/mol. The van der Waals surface area contributed by atoms with E-state index in [0.717, 1.165) is 27.4 Å². The summed E-state index contributed by atoms with van der Waals surface area (Å²) in [6.07, 6.45) is 2.64. The summed E-state index contributed by atoms with van der Waals surface area (Å²) in [4.78, 5) is 31.8. The lowest BCUT2D eigenvalue weighted by Gasteiger charge is -2.14. The zero-order valence-corrected chi connectivity index (χ0v) is 19.1. The number of rotatable bonds is 5. The molecule has 0 spiro atoms. The lowest BCUT2D eigenvalue weighted by Crippen LogP contribution is -2.29. The molecule has 1 N–H and O–H groups in total. The largest absolute Gasteiger partial charge is 0.456 e. The van der Waals surface area contributed by atoms with Gasteiger partial charge in [-0.2, -0.15) is 0 Å². The second-order valence-corrected chi connectivity index (χ2v) is 8.99. The molecule has 1 fully saturated rings. The van der Waals surface area contributed by atoms with Crippen LogP contribution in [0.4, 0.5) is 0 Å². The number of carbonyl (C=O) groups is 2. The normalized spacial score (nSPS) is 15.8. The Kier molecular flexibility index (Phi) is 5.70. The van der Waals surface area contributed by atoms with E-state index in [2.05, 4.69) is 10.3 Å². The Morgan fingerprint density at radius 3 is 2.73 bits per heavy atom. The van der Waals surface area contributed by atoms with Crippen molar-refractivity contribution in [3.8, 4) is 11.5 Å². The van der Waals surface area contributed by atoms with Gasteiger partial charge in [0.2, 0.25) is 0 Å². The van der Waals surface area contributed by atoms with Crippen molar-refractivity contribution < 1.29 is 19.1 Å². The number of amides is 2. The van der Waals surface area contributed by atoms with Crippen LogP contribution in [0.5, 0.6) is 11.5 Å². The summed E-state index contributed by atoms with van der Waals surface area (Å²) in [5.41, 5.74) is 1.35. The molecule has 1 saturated heterocycles. The Morgan fingerprint density at radius 1 is 1.12 bits per heavy atom. The molecule has 1 atom stereocenters. The second-order valence-electron chi connectivity index (χ2n) is 7.94. The van der Waals surface area contributed by atoms with Gasteiger partial charge in [-0.05, 0) is 47.5 Å². The number of benzene rings is 2. The standard InChI is InChI=1S/C25H23N3O4S/c1-26-24(29)17-4-3-16-12-18(6-5-15(16)11-17)32-21-7-9-27-20-13-22(33-23(20)21)25(30)28-10-8-19(14-28)31-2/h3-7,9,11-13,19H,8,10,14H2,1-2H3,(H,26,29)/t19-/m1/s1. The van der Waals surface area contributed by atoms with Crippen molar-refractivity contribution in [1.29, 1.82) is 0 Å². The molecule has 2 aromatic heterocycles. The molecule has 1 aliphatic heterocycles. The molecule has 2 aromatic carbocycles. The molecule has 4 aromatic rings. The molecule has 0 saturated carbocycles. The zero-order chi connectivity index (χ0) is 22.9. The summed E-state index contributed by atoms with van der Waals surface area (Å²) in [6, 6.07) is 14.9. The third-order valence-electron chi connectivity index (χ3n) is 5.88. The minimum atomic E-state index is -0.119. The highest BCUT2D eigenvalue weighted by Crippen LogP contribution is 2.36. The topological polar surface area (TPSA) is 80.8 Å². The second kappa shape index (κ2) is 8.80. The molecule has 0 radical (unpaired) electrons. The fourth-order valence-electron chi connectivity index (χ4n) is 4.06. The minimum Gasteiger partial charge on any atom is -0.456 e. The van der Waals surface area contributed by atoms with Crippen molar-refractivity contribution in [2.75, 3.05) is 27.2 Å². The molecule has 3 heterocycles. The van der Waals surface area contributed by atoms with Gasteiger partial charge in [0.25, 0.3) is 11.8 Å². The maximum absolute atomic E-state index is 13.0. The van der Waals surface area contributed by atoms with E-state index < -0.39 is 0 Å². The van der Waals surface area contributed by atoms with E-state index in [-0.39, 0.29) is 17.9 Å². The van der Waals surface area contributed by atoms with Gasteiger partial charge in [-0.3, -0.25) is 14.6 Å². The Bertz CT molecular complexity index is 1370. The molecule has 8 heteroatoms. The number of nitrogens with zero attached hydrogens (tertiary/aromatic N) is 2. The van der Waals surface area contributed by atoms with Gasteiger partial charge in [-0.1, -0.05) is 12.1 Å². The van der Waals surface area contributed by atoms with Gasteiger partial charge in [0.1, 0.15) is 11.5 Å². The summed E-state index contributed by atoms with van der Waals surface area (Å²) in [6.45, 7) is 1.31. The highest BCUT2D eigenvalue weighted by molar-refractivity contribution is 7.21. The summed E-state index contributed by atoms with van der Waals surface area (Å²) in [7, 11) is 3.29. The van der Waals surface area contributed by atoms with E-state index in [1.165, 1.54) is 11.3 Å². The molecule has 0 unspecified atom stereocenters. The van der Waals surface area contributed by atoms with Crippen molar-refractivity contribution in [3.63, 3.8) is 0 Å². The van der Waals surface area contributed by atoms with E-state index in [1.54, 1.807) is 26.4 Å². The maximum atomic E-state index is 13.0. The Labute approximate surface area is 194 Å². The quantitative estimate of drug-likeness (QED) is 0.475. The SMILES string of the molecule is CNC(=O)c1ccc2cc(Oc3ccnc4cc(C(=O)N5CC[C@@H](OC)C5)sc34)ccc2c1. The molecule has 5 rings (SSSR count). The number of methoxy groups -OCH3 is 1. The summed E-state index contributed by atoms with van der Waals surface area (Å²) < 4.78 is 12.4. The number of nitrogens with one attached hydrogen (secondary N) is 1. The number of fused-ring (bicyclic) bond motifs is 2. The van der Waals surface area contributed by atoms with Crippen molar-refractivity contribution in [3.05, 3.63) is 65.2 Å². The van der Waals surface area contributed by atoms with Crippen molar-refractivity contribution in [2.45, 2.75) is 12.5 Å². The zero-order valence-electron chi connectivity index (χ0n) is 18.3. The van der Waals surface area contributed by atoms with Crippen molar-refractivity contribution in [2.24, 2.45) is 0 Å². The van der Waals surface area contributed by atoms with Gasteiger partial charge < -0.3 is 19.7 Å². The van der Waals surface area contributed by atoms with Gasteiger partial charge in [0.05, 0.1) is 21.2 Å². The predicted octanol–water partition coefficient (Wildman–Crippen LogP) is 4.46. The fraction of sp³-hybridized carbons (Fsp3) is 0.240. The number of pyridine rings is 1. The van der Waals surface area contributed by atoms with Gasteiger partial charge in [0.15, 0.2) is 0 Å². The first-order valence-corrected chi connectivity index (χ1v) is 11.5. The van der Waals surface area contributed by atoms with Crippen LogP contribution in [0, 0.1) is 0 Å². The van der Waals surface area contributed by atoms with E-state index in [4.69, 9.17) is 9.47 Å². The molecule has 1 aliphatic rings. The summed E-state index contributed by atoms with van der Waals surface area (Å²) in [5.74, 6) is 1.21. The molecule has 0 bridgehead atoms. The lowest BCUT2D eigenvalue weighted by molar-refractivity contribution is 0.0728. The third-order valence-corrected chi connectivity index (χ3v) is 7.01. The van der Waals surface area contributed by atoms with Crippen LogP contribution in [-0.2, 0) is 4.74 Å². The highest BCUT2D eigenvalue weighted by atomic mass is 32.1. The summed E-state index contributed by atoms with van der Waals surface area (Å²) >= 11 is 1.39. The van der Waals surface area contributed by atoms with Crippen LogP contribution in [0.2, 0.25) is 0 Å². The first-order chi connectivity index (χ1) is 16.1. The number of thiophene rings is 1. The van der Waals surface area contributed by atoms with Gasteiger partial charge in [0, 0.05) is 45.1 Å². The van der Waals surface area contributed by atoms with E-state index in [9.17, 15) is 9.59 Å². The van der Waals surface area contributed by atoms with Crippen LogP contribution in [0.3, 0.4) is 0 Å². The van der Waals surface area contributed by atoms with E-state index in [0.29, 0.717) is 35.0 Å². The highest BCUT2D eigenvalue weighted by Gasteiger charge is 2.28. The number of likely N-dealkylation sites (tertiary alicyclic amines) is 1. The fourth-order valence-corrected chi connectivity index (χ4v) is 5.09. The molecule has 168 valence electrons. The van der Waals surface area contributed by atoms with Crippen molar-refractivity contribution in [1.82, 2.24) is 15.2 Å². The number of ether oxygens (including phenoxy) is 2. The minimum absolute atomic E-state index is 0.00104. The van der Waals surface area contributed by atoms with Crippen LogP contribution in [0.15, 0.2) is 54.7 Å². The first kappa shape index (κ1) is 21.4. The average Bonchev–Trinajstić information content (AvgIpc) is 3.50. The number of hydrogen-bond acceptors (Lipinski definition) is 6. The molecule has 7 nitrogen and oxygen atoms in total. The van der Waals surface area contributed by atoms with Crippen LogP contribution < -0.4 is 10.1 Å². The Morgan fingerprint density at radius 2 is 1.94 bits per heavy atom. The van der Waals surface area contributed by atoms with Crippen LogP contribution in [-0.4, -0.2) is 55.0 Å². The van der Waals surface area contributed by atoms with Gasteiger partial charge in [-0.15, -0.1) is 11.3 Å². The van der Waals surface area contributed by atoms with Crippen molar-refractivity contribution >= 4 is 44.1 Å². The monoisotopic (exact) mass is 461 g/mol. The Hall–Kier alpha value is -3.49. The number of aromatic nitrogens is 1. The lowest BCUT2D eigenvalue weighted by atomic mass is 10.1. The van der Waals surface area contributed by atoms with Crippen LogP contribution in [0.1, 0.15) is 26.5 Å². The van der Waals surface area contributed by atoms with Crippen LogP contribution in [0.25, 0.3) is 21.0 Å². The summed E-state index contributed by atoms with van der Waals surface area (Å²) in [5, 5.41) is 4.56. The van der Waals surface area contributed by atoms with Gasteiger partial charge >= 0.3 is 0 Å². The molecule has 0 aliphatic carbocycles.